The minimum Gasteiger partial charge on any atom is -0.489 e. The number of amides is 1. The molecule has 1 amide bonds. The predicted octanol–water partition coefficient (Wildman–Crippen LogP) is 6.43. The Morgan fingerprint density at radius 2 is 1.84 bits per heavy atom. The third-order valence-electron chi connectivity index (χ3n) is 4.78. The number of aryl methyl sites for hydroxylation is 1. The Bertz CT molecular complexity index is 1190. The zero-order valence-corrected chi connectivity index (χ0v) is 18.8. The second-order valence-corrected chi connectivity index (χ2v) is 8.65. The number of carbonyl (C=O) groups excluding carboxylic acids is 1. The fraction of sp³-hybridized carbons (Fsp3) is 0.120. The molecule has 6 heteroatoms. The van der Waals surface area contributed by atoms with E-state index in [-0.39, 0.29) is 5.91 Å². The van der Waals surface area contributed by atoms with Crippen molar-refractivity contribution in [3.8, 4) is 5.75 Å². The highest BCUT2D eigenvalue weighted by Gasteiger charge is 2.24. The summed E-state index contributed by atoms with van der Waals surface area (Å²) >= 11 is 7.47. The van der Waals surface area contributed by atoms with Gasteiger partial charge in [-0.15, -0.1) is 0 Å². The molecule has 0 atom stereocenters. The van der Waals surface area contributed by atoms with Crippen molar-refractivity contribution in [1.82, 2.24) is 5.32 Å². The molecule has 3 aromatic carbocycles. The van der Waals surface area contributed by atoms with Gasteiger partial charge in [-0.25, -0.2) is 4.99 Å². The highest BCUT2D eigenvalue weighted by molar-refractivity contribution is 8.18. The number of aliphatic imine (C=N–C) groups is 1. The van der Waals surface area contributed by atoms with E-state index in [0.29, 0.717) is 21.7 Å². The van der Waals surface area contributed by atoms with Crippen LogP contribution in [0.1, 0.15) is 22.3 Å². The Morgan fingerprint density at radius 1 is 1.06 bits per heavy atom. The van der Waals surface area contributed by atoms with Gasteiger partial charge in [0.15, 0.2) is 5.17 Å². The highest BCUT2D eigenvalue weighted by Crippen LogP contribution is 2.31. The van der Waals surface area contributed by atoms with Crippen molar-refractivity contribution in [3.63, 3.8) is 0 Å². The minimum atomic E-state index is -0.164. The van der Waals surface area contributed by atoms with Crippen LogP contribution in [0.25, 0.3) is 6.08 Å². The first-order valence-corrected chi connectivity index (χ1v) is 11.0. The number of carbonyl (C=O) groups is 1. The topological polar surface area (TPSA) is 50.7 Å². The summed E-state index contributed by atoms with van der Waals surface area (Å²) in [4.78, 5) is 17.5. The smallest absolute Gasteiger partial charge is 0.264 e. The van der Waals surface area contributed by atoms with Crippen molar-refractivity contribution >= 4 is 46.2 Å². The summed E-state index contributed by atoms with van der Waals surface area (Å²) in [6, 6.07) is 21.5. The summed E-state index contributed by atoms with van der Waals surface area (Å²) in [5.41, 5.74) is 4.88. The van der Waals surface area contributed by atoms with Gasteiger partial charge >= 0.3 is 0 Å². The number of amidine groups is 1. The molecule has 0 unspecified atom stereocenters. The molecular weight excluding hydrogens is 428 g/mol. The van der Waals surface area contributed by atoms with Crippen LogP contribution in [0.4, 0.5) is 5.69 Å². The highest BCUT2D eigenvalue weighted by atomic mass is 35.5. The Kier molecular flexibility index (Phi) is 6.44. The van der Waals surface area contributed by atoms with Crippen molar-refractivity contribution in [1.29, 1.82) is 0 Å². The van der Waals surface area contributed by atoms with Crippen LogP contribution >= 0.6 is 23.4 Å². The quantitative estimate of drug-likeness (QED) is 0.457. The largest absolute Gasteiger partial charge is 0.489 e. The Morgan fingerprint density at radius 3 is 2.61 bits per heavy atom. The Balaban J connectivity index is 1.43. The van der Waals surface area contributed by atoms with Crippen LogP contribution in [0.15, 0.2) is 76.6 Å². The van der Waals surface area contributed by atoms with Gasteiger partial charge in [-0.05, 0) is 72.6 Å². The van der Waals surface area contributed by atoms with E-state index < -0.39 is 0 Å². The van der Waals surface area contributed by atoms with E-state index in [1.807, 2.05) is 67.6 Å². The standard InChI is InChI=1S/C25H21ClN2O2S/c1-16-5-3-6-19(13-16)15-30-20-11-9-18(10-12-20)14-23-24(29)28-25(31-23)27-22-8-4-7-21(26)17(22)2/h3-14H,15H2,1-2H3,(H,27,28,29)/b23-14-. The van der Waals surface area contributed by atoms with E-state index in [4.69, 9.17) is 16.3 Å². The Hall–Kier alpha value is -3.02. The zero-order valence-electron chi connectivity index (χ0n) is 17.2. The molecule has 31 heavy (non-hydrogen) atoms. The molecule has 1 fully saturated rings. The molecule has 1 N–H and O–H groups in total. The zero-order chi connectivity index (χ0) is 21.8. The average molecular weight is 449 g/mol. The van der Waals surface area contributed by atoms with Gasteiger partial charge in [-0.3, -0.25) is 4.79 Å². The Labute approximate surface area is 191 Å². The molecule has 0 radical (unpaired) electrons. The molecule has 4 rings (SSSR count). The van der Waals surface area contributed by atoms with Gasteiger partial charge in [-0.2, -0.15) is 0 Å². The van der Waals surface area contributed by atoms with Gasteiger partial charge in [-0.1, -0.05) is 59.6 Å². The number of benzene rings is 3. The molecule has 4 nitrogen and oxygen atoms in total. The van der Waals surface area contributed by atoms with Crippen molar-refractivity contribution < 1.29 is 9.53 Å². The molecule has 0 saturated carbocycles. The third-order valence-corrected chi connectivity index (χ3v) is 6.10. The lowest BCUT2D eigenvalue weighted by atomic mass is 10.1. The predicted molar refractivity (Wildman–Crippen MR) is 129 cm³/mol. The molecule has 1 aliphatic heterocycles. The first-order chi connectivity index (χ1) is 15.0. The molecular formula is C25H21ClN2O2S. The van der Waals surface area contributed by atoms with Crippen molar-refractivity contribution in [2.45, 2.75) is 20.5 Å². The number of hydrogen-bond acceptors (Lipinski definition) is 4. The molecule has 3 aromatic rings. The molecule has 0 spiro atoms. The maximum Gasteiger partial charge on any atom is 0.264 e. The molecule has 1 aliphatic rings. The molecule has 1 heterocycles. The summed E-state index contributed by atoms with van der Waals surface area (Å²) in [7, 11) is 0. The summed E-state index contributed by atoms with van der Waals surface area (Å²) < 4.78 is 5.86. The molecule has 0 aliphatic carbocycles. The fourth-order valence-corrected chi connectivity index (χ4v) is 4.09. The van der Waals surface area contributed by atoms with Gasteiger partial charge in [0, 0.05) is 5.02 Å². The summed E-state index contributed by atoms with van der Waals surface area (Å²) in [6.45, 7) is 4.49. The normalized spacial score (nSPS) is 16.0. The number of rotatable bonds is 5. The number of ether oxygens (including phenoxy) is 1. The first kappa shape index (κ1) is 21.2. The van der Waals surface area contributed by atoms with Crippen LogP contribution in [0.3, 0.4) is 0 Å². The molecule has 0 aromatic heterocycles. The summed E-state index contributed by atoms with van der Waals surface area (Å²) in [5.74, 6) is 0.620. The van der Waals surface area contributed by atoms with E-state index in [1.54, 1.807) is 0 Å². The lowest BCUT2D eigenvalue weighted by Gasteiger charge is -2.07. The van der Waals surface area contributed by atoms with Crippen LogP contribution in [0.5, 0.6) is 5.75 Å². The molecule has 156 valence electrons. The lowest BCUT2D eigenvalue weighted by Crippen LogP contribution is -2.19. The van der Waals surface area contributed by atoms with Crippen LogP contribution in [0, 0.1) is 13.8 Å². The van der Waals surface area contributed by atoms with E-state index in [9.17, 15) is 4.79 Å². The van der Waals surface area contributed by atoms with Crippen LogP contribution in [0.2, 0.25) is 5.02 Å². The maximum absolute atomic E-state index is 12.4. The lowest BCUT2D eigenvalue weighted by molar-refractivity contribution is -0.115. The number of thioether (sulfide) groups is 1. The first-order valence-electron chi connectivity index (χ1n) is 9.81. The van der Waals surface area contributed by atoms with Crippen LogP contribution < -0.4 is 10.1 Å². The van der Waals surface area contributed by atoms with Crippen molar-refractivity contribution in [2.24, 2.45) is 4.99 Å². The fourth-order valence-electron chi connectivity index (χ4n) is 3.09. The maximum atomic E-state index is 12.4. The van der Waals surface area contributed by atoms with Crippen LogP contribution in [-0.4, -0.2) is 11.1 Å². The average Bonchev–Trinajstić information content (AvgIpc) is 3.09. The van der Waals surface area contributed by atoms with E-state index in [0.717, 1.165) is 28.1 Å². The second kappa shape index (κ2) is 9.41. The number of nitrogens with one attached hydrogen (secondary N) is 1. The number of halogens is 1. The van der Waals surface area contributed by atoms with Gasteiger partial charge in [0.25, 0.3) is 5.91 Å². The molecule has 0 bridgehead atoms. The van der Waals surface area contributed by atoms with Gasteiger partial charge < -0.3 is 10.1 Å². The monoisotopic (exact) mass is 448 g/mol. The molecule has 1 saturated heterocycles. The third kappa shape index (κ3) is 5.37. The van der Waals surface area contributed by atoms with Gasteiger partial charge in [0.2, 0.25) is 0 Å². The van der Waals surface area contributed by atoms with E-state index in [2.05, 4.69) is 29.4 Å². The summed E-state index contributed by atoms with van der Waals surface area (Å²) in [5, 5.41) is 4.00. The van der Waals surface area contributed by atoms with E-state index in [1.165, 1.54) is 17.3 Å². The minimum absolute atomic E-state index is 0.164. The summed E-state index contributed by atoms with van der Waals surface area (Å²) in [6.07, 6.45) is 1.84. The second-order valence-electron chi connectivity index (χ2n) is 7.21. The van der Waals surface area contributed by atoms with Crippen molar-refractivity contribution in [3.05, 3.63) is 98.9 Å². The number of hydrogen-bond donors (Lipinski definition) is 1. The van der Waals surface area contributed by atoms with Gasteiger partial charge in [0.05, 0.1) is 10.6 Å². The SMILES string of the molecule is Cc1cccc(COc2ccc(/C=C3\SC(=Nc4cccc(Cl)c4C)NC3=O)cc2)c1. The number of nitrogens with zero attached hydrogens (tertiary/aromatic N) is 1. The van der Waals surface area contributed by atoms with E-state index >= 15 is 0 Å². The van der Waals surface area contributed by atoms with Gasteiger partial charge in [0.1, 0.15) is 12.4 Å². The van der Waals surface area contributed by atoms with Crippen molar-refractivity contribution in [2.75, 3.05) is 0 Å². The van der Waals surface area contributed by atoms with Crippen LogP contribution in [-0.2, 0) is 11.4 Å².